The van der Waals surface area contributed by atoms with Gasteiger partial charge in [-0.1, -0.05) is 17.4 Å². The van der Waals surface area contributed by atoms with Gasteiger partial charge in [-0.05, 0) is 0 Å². The van der Waals surface area contributed by atoms with Crippen LogP contribution in [0.2, 0.25) is 5.02 Å². The van der Waals surface area contributed by atoms with E-state index in [0.717, 1.165) is 0 Å². The van der Waals surface area contributed by atoms with E-state index in [0.29, 0.717) is 17.1 Å². The molecule has 0 radical (unpaired) electrons. The van der Waals surface area contributed by atoms with Crippen LogP contribution < -0.4 is 0 Å². The molecule has 0 bridgehead atoms. The number of hydrogen-bond donors (Lipinski definition) is 0. The second-order valence-corrected chi connectivity index (χ2v) is 5.74. The van der Waals surface area contributed by atoms with E-state index in [1.54, 1.807) is 18.3 Å². The van der Waals surface area contributed by atoms with Crippen LogP contribution in [0.5, 0.6) is 0 Å². The van der Waals surface area contributed by atoms with Crippen molar-refractivity contribution < 1.29 is 18.7 Å². The fraction of sp³-hybridized carbons (Fsp3) is 0.429. The molecule has 0 saturated carbocycles. The molecule has 0 amide bonds. The maximum atomic E-state index is 5.42. The van der Waals surface area contributed by atoms with Gasteiger partial charge in [-0.25, -0.2) is 0 Å². The Kier molecular flexibility index (Phi) is 9.33. The molecule has 0 fully saturated rings. The molecule has 2 heterocycles. The quantitative estimate of drug-likeness (QED) is 0.531. The van der Waals surface area contributed by atoms with Crippen LogP contribution in [0.15, 0.2) is 30.7 Å². The van der Waals surface area contributed by atoms with Gasteiger partial charge < -0.3 is 4.98 Å². The van der Waals surface area contributed by atoms with Crippen LogP contribution in [0.25, 0.3) is 0 Å². The Morgan fingerprint density at radius 3 is 1.85 bits per heavy atom. The molecule has 0 atom stereocenters. The van der Waals surface area contributed by atoms with Gasteiger partial charge in [0.1, 0.15) is 0 Å². The van der Waals surface area contributed by atoms with E-state index < -0.39 is 0 Å². The van der Waals surface area contributed by atoms with Gasteiger partial charge in [0.2, 0.25) is 0 Å². The summed E-state index contributed by atoms with van der Waals surface area (Å²) in [5.41, 5.74) is 0. The maximum Gasteiger partial charge on any atom is -0.0535 e. The predicted octanol–water partition coefficient (Wildman–Crippen LogP) is 4.49. The first-order valence-electron chi connectivity index (χ1n) is 6.16. The molecular formula is C14H20Cl2N3Pd-. The summed E-state index contributed by atoms with van der Waals surface area (Å²) in [6.07, 6.45) is 8.41. The molecule has 3 nitrogen and oxygen atoms in total. The molecule has 0 aliphatic rings. The van der Waals surface area contributed by atoms with Crippen LogP contribution in [0.3, 0.4) is 0 Å². The standard InChI is InChI=1S/C9H16N2.C5H3ClN.ClH.Pd/c1-8(2)10-5-6-11(7-10)9(3)4;6-5-2-1-3-7-4-5;;/h5-6,8-9H,1-4H3;1-3H;1H;/q;-1;;. The molecular weight excluding hydrogens is 388 g/mol. The van der Waals surface area contributed by atoms with Gasteiger partial charge in [-0.15, -0.1) is 30.1 Å². The normalized spacial score (nSPS) is 10.1. The average molecular weight is 408 g/mol. The van der Waals surface area contributed by atoms with Crippen molar-refractivity contribution in [2.45, 2.75) is 39.8 Å². The predicted molar refractivity (Wildman–Crippen MR) is 81.8 cm³/mol. The van der Waals surface area contributed by atoms with Gasteiger partial charge in [0.25, 0.3) is 0 Å². The SMILES string of the molecule is CC(C)n1ccn(C(C)C)[c]1=[Pd].Cl.Clc1[c-]nccc1. The summed E-state index contributed by atoms with van der Waals surface area (Å²) < 4.78 is 5.63. The van der Waals surface area contributed by atoms with Gasteiger partial charge in [-0.2, -0.15) is 6.07 Å². The topological polar surface area (TPSA) is 22.8 Å². The smallest absolute Gasteiger partial charge is 0.0535 e. The minimum Gasteiger partial charge on any atom is -0.393 e. The molecule has 0 spiro atoms. The third-order valence-electron chi connectivity index (χ3n) is 2.47. The first-order chi connectivity index (χ1) is 8.93. The van der Waals surface area contributed by atoms with E-state index in [2.05, 4.69) is 79.1 Å². The number of nitrogens with zero attached hydrogens (tertiary/aromatic N) is 3. The molecule has 2 aromatic rings. The Morgan fingerprint density at radius 1 is 1.15 bits per heavy atom. The second kappa shape index (κ2) is 9.52. The molecule has 2 aromatic heterocycles. The monoisotopic (exact) mass is 406 g/mol. The zero-order valence-corrected chi connectivity index (χ0v) is 15.1. The van der Waals surface area contributed by atoms with Gasteiger partial charge in [-0.3, -0.25) is 0 Å². The van der Waals surface area contributed by atoms with Crippen LogP contribution in [0, 0.1) is 10.1 Å². The fourth-order valence-corrected chi connectivity index (χ4v) is 2.59. The van der Waals surface area contributed by atoms with E-state index in [1.165, 1.54) is 3.89 Å². The Morgan fingerprint density at radius 2 is 1.65 bits per heavy atom. The zero-order valence-electron chi connectivity index (χ0n) is 12.0. The summed E-state index contributed by atoms with van der Waals surface area (Å²) in [7, 11) is 0. The van der Waals surface area contributed by atoms with Crippen LogP contribution in [0.1, 0.15) is 39.8 Å². The van der Waals surface area contributed by atoms with Crippen LogP contribution in [0.4, 0.5) is 0 Å². The molecule has 20 heavy (non-hydrogen) atoms. The van der Waals surface area contributed by atoms with E-state index in [1.807, 2.05) is 0 Å². The van der Waals surface area contributed by atoms with Crippen molar-refractivity contribution in [3.63, 3.8) is 0 Å². The second-order valence-electron chi connectivity index (χ2n) is 4.64. The molecule has 0 unspecified atom stereocenters. The van der Waals surface area contributed by atoms with Crippen molar-refractivity contribution in [2.24, 2.45) is 0 Å². The number of pyridine rings is 1. The Hall–Kier alpha value is -0.398. The Balaban J connectivity index is 0.000000387. The van der Waals surface area contributed by atoms with Crippen molar-refractivity contribution in [3.8, 4) is 0 Å². The molecule has 0 aromatic carbocycles. The fourth-order valence-electron chi connectivity index (χ4n) is 1.44. The summed E-state index contributed by atoms with van der Waals surface area (Å²) in [4.78, 5) is 3.63. The number of aromatic nitrogens is 3. The van der Waals surface area contributed by atoms with Crippen molar-refractivity contribution in [1.82, 2.24) is 14.1 Å². The summed E-state index contributed by atoms with van der Waals surface area (Å²) in [5, 5.41) is 0.558. The molecule has 6 heteroatoms. The Bertz CT molecular complexity index is 519. The van der Waals surface area contributed by atoms with E-state index >= 15 is 0 Å². The number of rotatable bonds is 2. The number of imidazole rings is 1. The third-order valence-corrected chi connectivity index (χ3v) is 3.48. The molecule has 0 saturated heterocycles. The van der Waals surface area contributed by atoms with Crippen LogP contribution in [-0.2, 0) is 18.7 Å². The molecule has 116 valence electrons. The van der Waals surface area contributed by atoms with Crippen molar-refractivity contribution in [3.05, 3.63) is 45.8 Å². The minimum absolute atomic E-state index is 0. The Labute approximate surface area is 142 Å². The summed E-state index contributed by atoms with van der Waals surface area (Å²) in [6.45, 7) is 8.73. The molecule has 2 rings (SSSR count). The van der Waals surface area contributed by atoms with Gasteiger partial charge in [0.15, 0.2) is 0 Å². The van der Waals surface area contributed by atoms with Gasteiger partial charge in [0.05, 0.1) is 0 Å². The van der Waals surface area contributed by atoms with Crippen LogP contribution >= 0.6 is 24.0 Å². The first-order valence-corrected chi connectivity index (χ1v) is 7.31. The first kappa shape index (κ1) is 19.6. The maximum absolute atomic E-state index is 5.42. The molecule has 0 N–H and O–H groups in total. The van der Waals surface area contributed by atoms with E-state index in [-0.39, 0.29) is 12.4 Å². The minimum atomic E-state index is 0. The van der Waals surface area contributed by atoms with Crippen molar-refractivity contribution >= 4 is 24.0 Å². The van der Waals surface area contributed by atoms with Gasteiger partial charge >= 0.3 is 83.9 Å². The average Bonchev–Trinajstić information content (AvgIpc) is 2.73. The summed E-state index contributed by atoms with van der Waals surface area (Å²) in [6, 6.07) is 4.54. The van der Waals surface area contributed by atoms with Gasteiger partial charge in [0, 0.05) is 0 Å². The third kappa shape index (κ3) is 5.93. The molecule has 0 aliphatic heterocycles. The van der Waals surface area contributed by atoms with E-state index in [9.17, 15) is 0 Å². The number of hydrogen-bond acceptors (Lipinski definition) is 1. The van der Waals surface area contributed by atoms with Crippen molar-refractivity contribution in [1.29, 1.82) is 0 Å². The number of halogens is 2. The van der Waals surface area contributed by atoms with Crippen LogP contribution in [-0.4, -0.2) is 14.1 Å². The summed E-state index contributed by atoms with van der Waals surface area (Å²) in [5.74, 6) is 0. The van der Waals surface area contributed by atoms with E-state index in [4.69, 9.17) is 11.6 Å². The van der Waals surface area contributed by atoms with Crippen molar-refractivity contribution in [2.75, 3.05) is 0 Å². The zero-order chi connectivity index (χ0) is 14.4. The summed E-state index contributed by atoms with van der Waals surface area (Å²) >= 11 is 8.72. The molecule has 0 aliphatic carbocycles. The largest absolute Gasteiger partial charge is 0.393 e.